The summed E-state index contributed by atoms with van der Waals surface area (Å²) in [5.74, 6) is 0.0738. The number of aryl methyl sites for hydroxylation is 1. The maximum Gasteiger partial charge on any atom is 0.222 e. The van der Waals surface area contributed by atoms with Crippen LogP contribution in [0.2, 0.25) is 0 Å². The van der Waals surface area contributed by atoms with Crippen molar-refractivity contribution >= 4 is 5.91 Å². The number of benzene rings is 1. The number of amides is 1. The minimum Gasteiger partial charge on any atom is -0.339 e. The summed E-state index contributed by atoms with van der Waals surface area (Å²) in [7, 11) is 0. The molecule has 3 heteroatoms. The molecule has 0 unspecified atom stereocenters. The number of hydrogen-bond acceptors (Lipinski definition) is 1. The van der Waals surface area contributed by atoms with Crippen LogP contribution in [-0.2, 0) is 17.6 Å². The van der Waals surface area contributed by atoms with E-state index in [9.17, 15) is 9.18 Å². The van der Waals surface area contributed by atoms with Crippen LogP contribution in [0.3, 0.4) is 0 Å². The minimum atomic E-state index is -0.160. The molecule has 104 valence electrons. The lowest BCUT2D eigenvalue weighted by Crippen LogP contribution is -2.43. The maximum atomic E-state index is 13.2. The fraction of sp³-hybridized carbons (Fsp3) is 0.562. The Balaban J connectivity index is 2.15. The van der Waals surface area contributed by atoms with Crippen LogP contribution in [0.25, 0.3) is 0 Å². The van der Waals surface area contributed by atoms with Gasteiger partial charge in [-0.3, -0.25) is 4.79 Å². The van der Waals surface area contributed by atoms with Gasteiger partial charge in [-0.2, -0.15) is 0 Å². The lowest BCUT2D eigenvalue weighted by molar-refractivity contribution is -0.133. The predicted molar refractivity (Wildman–Crippen MR) is 74.5 cm³/mol. The van der Waals surface area contributed by atoms with Gasteiger partial charge in [0.05, 0.1) is 0 Å². The van der Waals surface area contributed by atoms with E-state index < -0.39 is 0 Å². The normalized spacial score (nSPS) is 17.9. The van der Waals surface area contributed by atoms with Gasteiger partial charge in [0, 0.05) is 19.0 Å². The van der Waals surface area contributed by atoms with Gasteiger partial charge in [0.15, 0.2) is 0 Å². The molecule has 0 aliphatic heterocycles. The molecule has 0 saturated heterocycles. The molecule has 1 aliphatic rings. The number of hydrogen-bond donors (Lipinski definition) is 0. The second-order valence-corrected chi connectivity index (χ2v) is 5.25. The molecule has 0 saturated carbocycles. The second-order valence-electron chi connectivity index (χ2n) is 5.25. The van der Waals surface area contributed by atoms with Crippen molar-refractivity contribution in [3.63, 3.8) is 0 Å². The summed E-state index contributed by atoms with van der Waals surface area (Å²) >= 11 is 0. The number of nitrogens with zero attached hydrogens (tertiary/aromatic N) is 1. The van der Waals surface area contributed by atoms with Crippen LogP contribution in [0.5, 0.6) is 0 Å². The van der Waals surface area contributed by atoms with E-state index in [2.05, 4.69) is 6.92 Å². The van der Waals surface area contributed by atoms with Crippen LogP contribution >= 0.6 is 0 Å². The van der Waals surface area contributed by atoms with Gasteiger partial charge in [-0.05, 0) is 48.9 Å². The summed E-state index contributed by atoms with van der Waals surface area (Å²) in [4.78, 5) is 14.1. The van der Waals surface area contributed by atoms with E-state index in [0.717, 1.165) is 37.8 Å². The molecule has 0 spiro atoms. The quantitative estimate of drug-likeness (QED) is 0.816. The Morgan fingerprint density at radius 1 is 1.37 bits per heavy atom. The van der Waals surface area contributed by atoms with Crippen molar-refractivity contribution in [2.24, 2.45) is 0 Å². The molecule has 0 bridgehead atoms. The van der Waals surface area contributed by atoms with Gasteiger partial charge in [-0.25, -0.2) is 4.39 Å². The van der Waals surface area contributed by atoms with Gasteiger partial charge in [0.1, 0.15) is 5.82 Å². The van der Waals surface area contributed by atoms with Crippen molar-refractivity contribution in [2.45, 2.75) is 52.0 Å². The smallest absolute Gasteiger partial charge is 0.222 e. The zero-order valence-electron chi connectivity index (χ0n) is 11.8. The van der Waals surface area contributed by atoms with E-state index in [4.69, 9.17) is 0 Å². The number of fused-ring (bicyclic) bond motifs is 1. The van der Waals surface area contributed by atoms with E-state index in [-0.39, 0.29) is 17.8 Å². The van der Waals surface area contributed by atoms with Gasteiger partial charge in [-0.1, -0.05) is 19.9 Å². The summed E-state index contributed by atoms with van der Waals surface area (Å²) < 4.78 is 13.2. The summed E-state index contributed by atoms with van der Waals surface area (Å²) in [5, 5.41) is 0. The average molecular weight is 263 g/mol. The molecule has 0 radical (unpaired) electrons. The van der Waals surface area contributed by atoms with Crippen molar-refractivity contribution in [1.29, 1.82) is 0 Å². The van der Waals surface area contributed by atoms with Crippen molar-refractivity contribution in [1.82, 2.24) is 4.90 Å². The monoisotopic (exact) mass is 263 g/mol. The van der Waals surface area contributed by atoms with E-state index >= 15 is 0 Å². The molecule has 0 N–H and O–H groups in total. The van der Waals surface area contributed by atoms with Crippen LogP contribution < -0.4 is 0 Å². The van der Waals surface area contributed by atoms with E-state index in [1.54, 1.807) is 6.07 Å². The molecule has 1 atom stereocenters. The summed E-state index contributed by atoms with van der Waals surface area (Å²) in [6.45, 7) is 4.84. The van der Waals surface area contributed by atoms with Crippen molar-refractivity contribution in [2.75, 3.05) is 6.54 Å². The van der Waals surface area contributed by atoms with E-state index in [0.29, 0.717) is 6.42 Å². The van der Waals surface area contributed by atoms with Gasteiger partial charge in [0.2, 0.25) is 5.91 Å². The first-order valence-electron chi connectivity index (χ1n) is 7.22. The maximum absolute atomic E-state index is 13.2. The fourth-order valence-corrected chi connectivity index (χ4v) is 2.93. The molecule has 1 amide bonds. The van der Waals surface area contributed by atoms with Gasteiger partial charge in [0.25, 0.3) is 0 Å². The average Bonchev–Trinajstić information content (AvgIpc) is 2.43. The topological polar surface area (TPSA) is 20.3 Å². The summed E-state index contributed by atoms with van der Waals surface area (Å²) in [5.41, 5.74) is 2.30. The fourth-order valence-electron chi connectivity index (χ4n) is 2.93. The van der Waals surface area contributed by atoms with Crippen LogP contribution in [0, 0.1) is 5.82 Å². The van der Waals surface area contributed by atoms with Crippen molar-refractivity contribution in [3.05, 3.63) is 35.1 Å². The molecule has 1 aromatic carbocycles. The van der Waals surface area contributed by atoms with Crippen LogP contribution in [-0.4, -0.2) is 23.4 Å². The molecule has 2 nitrogen and oxygen atoms in total. The van der Waals surface area contributed by atoms with Crippen molar-refractivity contribution < 1.29 is 9.18 Å². The van der Waals surface area contributed by atoms with Gasteiger partial charge < -0.3 is 4.90 Å². The van der Waals surface area contributed by atoms with Gasteiger partial charge >= 0.3 is 0 Å². The molecule has 2 rings (SSSR count). The first kappa shape index (κ1) is 14.0. The lowest BCUT2D eigenvalue weighted by atomic mass is 9.87. The SMILES string of the molecule is CCCN(C(=O)CC)[C@H]1CCc2cc(F)ccc2C1. The predicted octanol–water partition coefficient (Wildman–Crippen LogP) is 3.33. The van der Waals surface area contributed by atoms with Gasteiger partial charge in [-0.15, -0.1) is 0 Å². The zero-order chi connectivity index (χ0) is 13.8. The Labute approximate surface area is 114 Å². The highest BCUT2D eigenvalue weighted by Gasteiger charge is 2.26. The molecular formula is C16H22FNO. The minimum absolute atomic E-state index is 0.160. The highest BCUT2D eigenvalue weighted by molar-refractivity contribution is 5.76. The largest absolute Gasteiger partial charge is 0.339 e. The lowest BCUT2D eigenvalue weighted by Gasteiger charge is -2.35. The Morgan fingerprint density at radius 3 is 2.84 bits per heavy atom. The first-order valence-corrected chi connectivity index (χ1v) is 7.22. The highest BCUT2D eigenvalue weighted by Crippen LogP contribution is 2.26. The molecule has 0 aromatic heterocycles. The standard InChI is InChI=1S/C16H22FNO/c1-3-9-18(16(19)4-2)15-8-6-12-10-14(17)7-5-13(12)11-15/h5,7,10,15H,3-4,6,8-9,11H2,1-2H3/t15-/m0/s1. The molecule has 0 heterocycles. The number of carbonyl (C=O) groups is 1. The highest BCUT2D eigenvalue weighted by atomic mass is 19.1. The first-order chi connectivity index (χ1) is 9.15. The molecular weight excluding hydrogens is 241 g/mol. The van der Waals surface area contributed by atoms with E-state index in [1.165, 1.54) is 11.6 Å². The third-order valence-electron chi connectivity index (χ3n) is 3.90. The molecule has 1 aliphatic carbocycles. The van der Waals surface area contributed by atoms with E-state index in [1.807, 2.05) is 17.9 Å². The molecule has 19 heavy (non-hydrogen) atoms. The zero-order valence-corrected chi connectivity index (χ0v) is 11.8. The van der Waals surface area contributed by atoms with Crippen molar-refractivity contribution in [3.8, 4) is 0 Å². The summed E-state index contributed by atoms with van der Waals surface area (Å²) in [6, 6.07) is 5.31. The Kier molecular flexibility index (Phi) is 4.56. The van der Waals surface area contributed by atoms with Crippen LogP contribution in [0.15, 0.2) is 18.2 Å². The Bertz CT molecular complexity index is 458. The second kappa shape index (κ2) is 6.18. The Morgan fingerprint density at radius 2 is 2.16 bits per heavy atom. The van der Waals surface area contributed by atoms with Crippen LogP contribution in [0.4, 0.5) is 4.39 Å². The number of carbonyl (C=O) groups excluding carboxylic acids is 1. The number of halogens is 1. The third kappa shape index (κ3) is 3.14. The Hall–Kier alpha value is -1.38. The van der Waals surface area contributed by atoms with Crippen LogP contribution in [0.1, 0.15) is 44.2 Å². The summed E-state index contributed by atoms with van der Waals surface area (Å²) in [6.07, 6.45) is 4.23. The molecule has 1 aromatic rings. The third-order valence-corrected chi connectivity index (χ3v) is 3.90. The molecule has 0 fully saturated rings. The number of rotatable bonds is 4.